The molecule has 0 aliphatic rings. The van der Waals surface area contributed by atoms with Gasteiger partial charge in [0.25, 0.3) is 5.91 Å². The first-order valence-electron chi connectivity index (χ1n) is 5.89. The van der Waals surface area contributed by atoms with E-state index >= 15 is 0 Å². The third-order valence-electron chi connectivity index (χ3n) is 2.69. The molecule has 21 heavy (non-hydrogen) atoms. The van der Waals surface area contributed by atoms with Crippen LogP contribution in [0.3, 0.4) is 0 Å². The molecule has 2 rings (SSSR count). The van der Waals surface area contributed by atoms with Crippen LogP contribution in [-0.4, -0.2) is 10.9 Å². The first-order valence-corrected chi connectivity index (χ1v) is 7.02. The molecule has 7 heteroatoms. The van der Waals surface area contributed by atoms with Gasteiger partial charge < -0.3 is 5.32 Å². The van der Waals surface area contributed by atoms with Crippen molar-refractivity contribution in [3.05, 3.63) is 59.4 Å². The van der Waals surface area contributed by atoms with E-state index in [1.165, 1.54) is 0 Å². The summed E-state index contributed by atoms with van der Waals surface area (Å²) in [5.74, 6) is -0.560. The number of halogens is 4. The highest BCUT2D eigenvalue weighted by Gasteiger charge is 2.30. The maximum Gasteiger partial charge on any atom is 0.417 e. The molecule has 0 aliphatic carbocycles. The fourth-order valence-corrected chi connectivity index (χ4v) is 1.94. The molecule has 3 nitrogen and oxygen atoms in total. The van der Waals surface area contributed by atoms with Crippen molar-refractivity contribution in [2.45, 2.75) is 11.5 Å². The van der Waals surface area contributed by atoms with E-state index < -0.39 is 17.6 Å². The first-order chi connectivity index (χ1) is 9.90. The lowest BCUT2D eigenvalue weighted by atomic mass is 10.2. The molecule has 0 fully saturated rings. The molecular formula is C14H10BrF3N2O. The number of carbonyl (C=O) groups excluding carboxylic acids is 1. The van der Waals surface area contributed by atoms with E-state index in [0.717, 1.165) is 17.7 Å². The van der Waals surface area contributed by atoms with Gasteiger partial charge in [-0.3, -0.25) is 9.78 Å². The van der Waals surface area contributed by atoms with Gasteiger partial charge in [0.2, 0.25) is 0 Å². The molecule has 1 heterocycles. The summed E-state index contributed by atoms with van der Waals surface area (Å²) in [6, 6.07) is 8.94. The van der Waals surface area contributed by atoms with Crippen molar-refractivity contribution in [2.75, 3.05) is 5.32 Å². The van der Waals surface area contributed by atoms with E-state index in [9.17, 15) is 18.0 Å². The number of hydrogen-bond acceptors (Lipinski definition) is 2. The van der Waals surface area contributed by atoms with Crippen LogP contribution in [0.1, 0.15) is 21.6 Å². The lowest BCUT2D eigenvalue weighted by Gasteiger charge is -2.08. The molecule has 0 saturated carbocycles. The van der Waals surface area contributed by atoms with E-state index in [0.29, 0.717) is 17.2 Å². The largest absolute Gasteiger partial charge is 0.417 e. The summed E-state index contributed by atoms with van der Waals surface area (Å²) in [4.78, 5) is 15.4. The van der Waals surface area contributed by atoms with Gasteiger partial charge in [0.05, 0.1) is 5.56 Å². The summed E-state index contributed by atoms with van der Waals surface area (Å²) in [5.41, 5.74) is 0.625. The predicted molar refractivity (Wildman–Crippen MR) is 76.3 cm³/mol. The second kappa shape index (κ2) is 6.26. The minimum atomic E-state index is -4.46. The van der Waals surface area contributed by atoms with Crippen LogP contribution in [0.15, 0.2) is 42.6 Å². The lowest BCUT2D eigenvalue weighted by Crippen LogP contribution is -2.14. The Balaban J connectivity index is 2.09. The van der Waals surface area contributed by atoms with Gasteiger partial charge in [0.15, 0.2) is 0 Å². The van der Waals surface area contributed by atoms with Crippen LogP contribution in [0.25, 0.3) is 0 Å². The molecule has 1 amide bonds. The molecule has 0 saturated heterocycles. The van der Waals surface area contributed by atoms with Crippen molar-refractivity contribution < 1.29 is 18.0 Å². The molecule has 0 aliphatic heterocycles. The molecule has 0 bridgehead atoms. The fourth-order valence-electron chi connectivity index (χ4n) is 1.57. The van der Waals surface area contributed by atoms with Crippen LogP contribution in [-0.2, 0) is 11.5 Å². The van der Waals surface area contributed by atoms with Gasteiger partial charge in [-0.25, -0.2) is 0 Å². The summed E-state index contributed by atoms with van der Waals surface area (Å²) in [6.45, 7) is 0. The SMILES string of the molecule is O=C(Nc1ccc(CBr)cc1)c1ccc(C(F)(F)F)cn1. The predicted octanol–water partition coefficient (Wildman–Crippen LogP) is 4.25. The molecule has 0 radical (unpaired) electrons. The van der Waals surface area contributed by atoms with Gasteiger partial charge in [-0.05, 0) is 29.8 Å². The zero-order chi connectivity index (χ0) is 15.5. The van der Waals surface area contributed by atoms with Gasteiger partial charge in [-0.1, -0.05) is 28.1 Å². The Hall–Kier alpha value is -1.89. The molecular weight excluding hydrogens is 349 g/mol. The summed E-state index contributed by atoms with van der Waals surface area (Å²) in [5, 5.41) is 3.27. The fraction of sp³-hybridized carbons (Fsp3) is 0.143. The number of anilines is 1. The number of nitrogens with zero attached hydrogens (tertiary/aromatic N) is 1. The van der Waals surface area contributed by atoms with Gasteiger partial charge in [-0.15, -0.1) is 0 Å². The maximum absolute atomic E-state index is 12.4. The molecule has 0 atom stereocenters. The monoisotopic (exact) mass is 358 g/mol. The Morgan fingerprint density at radius 1 is 1.14 bits per heavy atom. The van der Waals surface area contributed by atoms with Crippen molar-refractivity contribution >= 4 is 27.5 Å². The maximum atomic E-state index is 12.4. The number of alkyl halides is 4. The second-order valence-electron chi connectivity index (χ2n) is 4.21. The Morgan fingerprint density at radius 3 is 2.29 bits per heavy atom. The number of aromatic nitrogens is 1. The van der Waals surface area contributed by atoms with Crippen molar-refractivity contribution in [1.29, 1.82) is 0 Å². The van der Waals surface area contributed by atoms with Crippen LogP contribution >= 0.6 is 15.9 Å². The standard InChI is InChI=1S/C14H10BrF3N2O/c15-7-9-1-4-11(5-2-9)20-13(21)12-6-3-10(8-19-12)14(16,17)18/h1-6,8H,7H2,(H,20,21). The van der Waals surface area contributed by atoms with E-state index in [-0.39, 0.29) is 5.69 Å². The highest BCUT2D eigenvalue weighted by molar-refractivity contribution is 9.08. The number of carbonyl (C=O) groups is 1. The lowest BCUT2D eigenvalue weighted by molar-refractivity contribution is -0.137. The van der Waals surface area contributed by atoms with Gasteiger partial charge in [0, 0.05) is 17.2 Å². The number of rotatable bonds is 3. The summed E-state index contributed by atoms with van der Waals surface area (Å²) < 4.78 is 37.2. The van der Waals surface area contributed by atoms with Crippen molar-refractivity contribution in [1.82, 2.24) is 4.98 Å². The summed E-state index contributed by atoms with van der Waals surface area (Å²) in [6.07, 6.45) is -3.82. The number of benzene rings is 1. The number of pyridine rings is 1. The molecule has 2 aromatic rings. The third-order valence-corrected chi connectivity index (χ3v) is 3.34. The van der Waals surface area contributed by atoms with Crippen LogP contribution in [0.4, 0.5) is 18.9 Å². The Labute approximate surface area is 127 Å². The van der Waals surface area contributed by atoms with Gasteiger partial charge in [-0.2, -0.15) is 13.2 Å². The molecule has 1 aromatic carbocycles. The normalized spacial score (nSPS) is 11.2. The van der Waals surface area contributed by atoms with Crippen LogP contribution < -0.4 is 5.32 Å². The highest BCUT2D eigenvalue weighted by atomic mass is 79.9. The summed E-state index contributed by atoms with van der Waals surface area (Å²) >= 11 is 3.30. The average molecular weight is 359 g/mol. The molecule has 1 aromatic heterocycles. The molecule has 0 spiro atoms. The molecule has 110 valence electrons. The summed E-state index contributed by atoms with van der Waals surface area (Å²) in [7, 11) is 0. The van der Waals surface area contributed by atoms with E-state index in [4.69, 9.17) is 0 Å². The average Bonchev–Trinajstić information content (AvgIpc) is 2.47. The second-order valence-corrected chi connectivity index (χ2v) is 4.78. The number of hydrogen-bond donors (Lipinski definition) is 1. The van der Waals surface area contributed by atoms with E-state index in [1.54, 1.807) is 12.1 Å². The van der Waals surface area contributed by atoms with E-state index in [1.807, 2.05) is 12.1 Å². The van der Waals surface area contributed by atoms with Crippen LogP contribution in [0.2, 0.25) is 0 Å². The van der Waals surface area contributed by atoms with Crippen LogP contribution in [0, 0.1) is 0 Å². The topological polar surface area (TPSA) is 42.0 Å². The van der Waals surface area contributed by atoms with Crippen molar-refractivity contribution in [3.63, 3.8) is 0 Å². The van der Waals surface area contributed by atoms with Gasteiger partial charge in [0.1, 0.15) is 5.69 Å². The quantitative estimate of drug-likeness (QED) is 0.833. The Bertz CT molecular complexity index is 624. The molecule has 0 unspecified atom stereocenters. The Morgan fingerprint density at radius 2 is 1.81 bits per heavy atom. The number of nitrogens with one attached hydrogen (secondary N) is 1. The minimum Gasteiger partial charge on any atom is -0.321 e. The first kappa shape index (κ1) is 15.5. The van der Waals surface area contributed by atoms with Crippen molar-refractivity contribution in [3.8, 4) is 0 Å². The highest BCUT2D eigenvalue weighted by Crippen LogP contribution is 2.28. The minimum absolute atomic E-state index is 0.0763. The van der Waals surface area contributed by atoms with Gasteiger partial charge >= 0.3 is 6.18 Å². The number of amides is 1. The molecule has 1 N–H and O–H groups in total. The zero-order valence-electron chi connectivity index (χ0n) is 10.6. The van der Waals surface area contributed by atoms with Crippen molar-refractivity contribution in [2.24, 2.45) is 0 Å². The zero-order valence-corrected chi connectivity index (χ0v) is 12.2. The smallest absolute Gasteiger partial charge is 0.321 e. The third kappa shape index (κ3) is 4.04. The Kier molecular flexibility index (Phi) is 4.62. The van der Waals surface area contributed by atoms with E-state index in [2.05, 4.69) is 26.2 Å². The van der Waals surface area contributed by atoms with Crippen LogP contribution in [0.5, 0.6) is 0 Å².